The molecule has 152 valence electrons. The van der Waals surface area contributed by atoms with Gasteiger partial charge in [0.15, 0.2) is 0 Å². The van der Waals surface area contributed by atoms with Crippen LogP contribution in [0.4, 0.5) is 5.69 Å². The van der Waals surface area contributed by atoms with Gasteiger partial charge in [-0.15, -0.1) is 0 Å². The summed E-state index contributed by atoms with van der Waals surface area (Å²) in [5.41, 5.74) is 3.61. The van der Waals surface area contributed by atoms with Crippen LogP contribution in [-0.2, 0) is 17.6 Å². The third-order valence-corrected chi connectivity index (χ3v) is 5.80. The number of rotatable bonds is 7. The van der Waals surface area contributed by atoms with Crippen molar-refractivity contribution in [2.75, 3.05) is 5.32 Å². The molecule has 2 unspecified atom stereocenters. The number of benzene rings is 2. The van der Waals surface area contributed by atoms with Crippen molar-refractivity contribution < 1.29 is 14.4 Å². The normalized spacial score (nSPS) is 15.2. The first kappa shape index (κ1) is 20.8. The van der Waals surface area contributed by atoms with Gasteiger partial charge in [0, 0.05) is 5.69 Å². The molecule has 5 nitrogen and oxygen atoms in total. The van der Waals surface area contributed by atoms with Gasteiger partial charge in [0.1, 0.15) is 6.04 Å². The summed E-state index contributed by atoms with van der Waals surface area (Å²) in [6, 6.07) is 11.9. The second-order valence-corrected chi connectivity index (χ2v) is 7.50. The summed E-state index contributed by atoms with van der Waals surface area (Å²) in [6.45, 7) is 7.95. The standard InChI is InChI=1S/C24H28N2O3/c1-5-15(4)21(26-23(28)18-13-8-9-14-19(18)24(26)29)22(27)25-20-16(6-2)11-10-12-17(20)7-3/h8-15,21H,5-7H2,1-4H3,(H,25,27). The number of carbonyl (C=O) groups is 3. The molecule has 0 radical (unpaired) electrons. The molecule has 1 aliphatic heterocycles. The predicted molar refractivity (Wildman–Crippen MR) is 114 cm³/mol. The van der Waals surface area contributed by atoms with E-state index in [1.807, 2.05) is 45.9 Å². The van der Waals surface area contributed by atoms with E-state index in [-0.39, 0.29) is 11.8 Å². The van der Waals surface area contributed by atoms with Crippen LogP contribution in [0, 0.1) is 5.92 Å². The van der Waals surface area contributed by atoms with Crippen molar-refractivity contribution in [1.82, 2.24) is 4.90 Å². The molecule has 0 aliphatic carbocycles. The second-order valence-electron chi connectivity index (χ2n) is 7.50. The molecule has 0 aromatic heterocycles. The van der Waals surface area contributed by atoms with Crippen LogP contribution in [-0.4, -0.2) is 28.7 Å². The lowest BCUT2D eigenvalue weighted by molar-refractivity contribution is -0.121. The highest BCUT2D eigenvalue weighted by Crippen LogP contribution is 2.30. The molecule has 1 heterocycles. The van der Waals surface area contributed by atoms with Crippen LogP contribution >= 0.6 is 0 Å². The average Bonchev–Trinajstić information content (AvgIpc) is 2.99. The Morgan fingerprint density at radius 1 is 0.897 bits per heavy atom. The zero-order chi connectivity index (χ0) is 21.1. The molecule has 3 amide bonds. The minimum atomic E-state index is -0.859. The number of nitrogens with one attached hydrogen (secondary N) is 1. The Labute approximate surface area is 172 Å². The monoisotopic (exact) mass is 392 g/mol. The van der Waals surface area contributed by atoms with Gasteiger partial charge >= 0.3 is 0 Å². The van der Waals surface area contributed by atoms with Crippen LogP contribution in [0.3, 0.4) is 0 Å². The number of aryl methyl sites for hydroxylation is 2. The van der Waals surface area contributed by atoms with Gasteiger partial charge in [0.2, 0.25) is 5.91 Å². The Balaban J connectivity index is 1.99. The number of hydrogen-bond donors (Lipinski definition) is 1. The number of para-hydroxylation sites is 1. The maximum absolute atomic E-state index is 13.4. The number of amides is 3. The van der Waals surface area contributed by atoms with Gasteiger partial charge in [-0.25, -0.2) is 0 Å². The molecule has 3 rings (SSSR count). The SMILES string of the molecule is CCc1cccc(CC)c1NC(=O)C(C(C)CC)N1C(=O)c2ccccc2C1=O. The maximum Gasteiger partial charge on any atom is 0.262 e. The number of fused-ring (bicyclic) bond motifs is 1. The number of anilines is 1. The van der Waals surface area contributed by atoms with Crippen molar-refractivity contribution >= 4 is 23.4 Å². The van der Waals surface area contributed by atoms with Crippen molar-refractivity contribution in [2.24, 2.45) is 5.92 Å². The summed E-state index contributed by atoms with van der Waals surface area (Å²) in [5.74, 6) is -1.28. The van der Waals surface area contributed by atoms with E-state index in [0.717, 1.165) is 34.6 Å². The van der Waals surface area contributed by atoms with E-state index in [4.69, 9.17) is 0 Å². The fraction of sp³-hybridized carbons (Fsp3) is 0.375. The number of imide groups is 1. The molecule has 0 spiro atoms. The van der Waals surface area contributed by atoms with Gasteiger partial charge in [0.05, 0.1) is 11.1 Å². The molecule has 1 aliphatic rings. The van der Waals surface area contributed by atoms with Gasteiger partial charge in [-0.3, -0.25) is 19.3 Å². The third kappa shape index (κ3) is 3.69. The highest BCUT2D eigenvalue weighted by molar-refractivity contribution is 6.23. The summed E-state index contributed by atoms with van der Waals surface area (Å²) >= 11 is 0. The Morgan fingerprint density at radius 2 is 1.41 bits per heavy atom. The molecule has 0 saturated heterocycles. The van der Waals surface area contributed by atoms with Crippen molar-refractivity contribution in [2.45, 2.75) is 53.0 Å². The highest BCUT2D eigenvalue weighted by atomic mass is 16.2. The first-order chi connectivity index (χ1) is 13.9. The van der Waals surface area contributed by atoms with Crippen LogP contribution in [0.5, 0.6) is 0 Å². The lowest BCUT2D eigenvalue weighted by Crippen LogP contribution is -2.50. The van der Waals surface area contributed by atoms with Gasteiger partial charge in [-0.2, -0.15) is 0 Å². The van der Waals surface area contributed by atoms with Gasteiger partial charge in [-0.1, -0.05) is 64.4 Å². The van der Waals surface area contributed by atoms with Gasteiger partial charge in [-0.05, 0) is 42.0 Å². The molecule has 2 aromatic rings. The van der Waals surface area contributed by atoms with Crippen molar-refractivity contribution in [3.8, 4) is 0 Å². The van der Waals surface area contributed by atoms with E-state index in [1.54, 1.807) is 24.3 Å². The van der Waals surface area contributed by atoms with Crippen molar-refractivity contribution in [1.29, 1.82) is 0 Å². The van der Waals surface area contributed by atoms with Crippen LogP contribution < -0.4 is 5.32 Å². The van der Waals surface area contributed by atoms with Crippen molar-refractivity contribution in [3.05, 3.63) is 64.7 Å². The van der Waals surface area contributed by atoms with E-state index in [2.05, 4.69) is 5.32 Å². The fourth-order valence-corrected chi connectivity index (χ4v) is 3.91. The van der Waals surface area contributed by atoms with Crippen LogP contribution in [0.2, 0.25) is 0 Å². The maximum atomic E-state index is 13.4. The number of hydrogen-bond acceptors (Lipinski definition) is 3. The molecule has 29 heavy (non-hydrogen) atoms. The predicted octanol–water partition coefficient (Wildman–Crippen LogP) is 4.46. The fourth-order valence-electron chi connectivity index (χ4n) is 3.91. The second kappa shape index (κ2) is 8.60. The van der Waals surface area contributed by atoms with Gasteiger partial charge in [0.25, 0.3) is 11.8 Å². The lowest BCUT2D eigenvalue weighted by Gasteiger charge is -2.30. The van der Waals surface area contributed by atoms with Crippen LogP contribution in [0.1, 0.15) is 66.0 Å². The zero-order valence-corrected chi connectivity index (χ0v) is 17.5. The summed E-state index contributed by atoms with van der Waals surface area (Å²) in [6.07, 6.45) is 2.23. The van der Waals surface area contributed by atoms with E-state index in [0.29, 0.717) is 17.5 Å². The summed E-state index contributed by atoms with van der Waals surface area (Å²) in [5, 5.41) is 3.06. The molecular formula is C24H28N2O3. The topological polar surface area (TPSA) is 66.5 Å². The van der Waals surface area contributed by atoms with Crippen molar-refractivity contribution in [3.63, 3.8) is 0 Å². The molecule has 2 aromatic carbocycles. The Bertz CT molecular complexity index is 894. The minimum Gasteiger partial charge on any atom is -0.324 e. The first-order valence-corrected chi connectivity index (χ1v) is 10.3. The molecule has 0 fully saturated rings. The molecule has 1 N–H and O–H groups in total. The van der Waals surface area contributed by atoms with Crippen LogP contribution in [0.15, 0.2) is 42.5 Å². The number of nitrogens with zero attached hydrogens (tertiary/aromatic N) is 1. The van der Waals surface area contributed by atoms with E-state index in [1.165, 1.54) is 0 Å². The largest absolute Gasteiger partial charge is 0.324 e. The smallest absolute Gasteiger partial charge is 0.262 e. The molecule has 2 atom stereocenters. The quantitative estimate of drug-likeness (QED) is 0.708. The molecule has 5 heteroatoms. The van der Waals surface area contributed by atoms with E-state index in [9.17, 15) is 14.4 Å². The first-order valence-electron chi connectivity index (χ1n) is 10.3. The summed E-state index contributed by atoms with van der Waals surface area (Å²) in [7, 11) is 0. The highest BCUT2D eigenvalue weighted by Gasteiger charge is 2.44. The summed E-state index contributed by atoms with van der Waals surface area (Å²) in [4.78, 5) is 40.6. The van der Waals surface area contributed by atoms with Gasteiger partial charge < -0.3 is 5.32 Å². The average molecular weight is 392 g/mol. The Morgan fingerprint density at radius 3 is 1.86 bits per heavy atom. The summed E-state index contributed by atoms with van der Waals surface area (Å²) < 4.78 is 0. The number of carbonyl (C=O) groups excluding carboxylic acids is 3. The minimum absolute atomic E-state index is 0.170. The van der Waals surface area contributed by atoms with E-state index < -0.39 is 17.9 Å². The Kier molecular flexibility index (Phi) is 6.16. The Hall–Kier alpha value is -2.95. The third-order valence-electron chi connectivity index (χ3n) is 5.80. The van der Waals surface area contributed by atoms with Crippen LogP contribution in [0.25, 0.3) is 0 Å². The molecule has 0 bridgehead atoms. The lowest BCUT2D eigenvalue weighted by atomic mass is 9.95. The molecular weight excluding hydrogens is 364 g/mol. The zero-order valence-electron chi connectivity index (χ0n) is 17.5. The van der Waals surface area contributed by atoms with E-state index >= 15 is 0 Å². The molecule has 0 saturated carbocycles.